The fourth-order valence-electron chi connectivity index (χ4n) is 1.48. The van der Waals surface area contributed by atoms with E-state index in [4.69, 9.17) is 0 Å². The fraction of sp³-hybridized carbons (Fsp3) is 0.846. The molecule has 0 spiro atoms. The van der Waals surface area contributed by atoms with Gasteiger partial charge in [-0.05, 0) is 25.9 Å². The predicted molar refractivity (Wildman–Crippen MR) is 64.3 cm³/mol. The molecule has 1 nitrogen and oxygen atoms in total. The van der Waals surface area contributed by atoms with Gasteiger partial charge >= 0.3 is 0 Å². The second kappa shape index (κ2) is 9.09. The van der Waals surface area contributed by atoms with Gasteiger partial charge < -0.3 is 0 Å². The lowest BCUT2D eigenvalue weighted by Crippen LogP contribution is -2.29. The van der Waals surface area contributed by atoms with Gasteiger partial charge in [0.05, 0.1) is 6.54 Å². The third-order valence-electron chi connectivity index (χ3n) is 2.14. The Morgan fingerprint density at radius 2 is 1.64 bits per heavy atom. The molecular formula is C13H25N. The maximum Gasteiger partial charge on any atom is 0.0601 e. The van der Waals surface area contributed by atoms with Gasteiger partial charge in [0.1, 0.15) is 0 Å². The van der Waals surface area contributed by atoms with Crippen molar-refractivity contribution in [2.45, 2.75) is 47.0 Å². The molecule has 82 valence electrons. The number of likely N-dealkylation sites (tertiary alicyclic amines) is 1. The Labute approximate surface area is 89.9 Å². The summed E-state index contributed by atoms with van der Waals surface area (Å²) in [6.07, 6.45) is 4.14. The second-order valence-electron chi connectivity index (χ2n) is 3.81. The molecule has 1 aliphatic rings. The summed E-state index contributed by atoms with van der Waals surface area (Å²) >= 11 is 0. The Kier molecular flexibility index (Phi) is 8.78. The van der Waals surface area contributed by atoms with Crippen LogP contribution >= 0.6 is 0 Å². The van der Waals surface area contributed by atoms with E-state index in [1.54, 1.807) is 0 Å². The molecule has 0 saturated carbocycles. The molecule has 1 saturated heterocycles. The highest BCUT2D eigenvalue weighted by molar-refractivity contribution is 5.03. The first-order chi connectivity index (χ1) is 6.79. The van der Waals surface area contributed by atoms with Crippen molar-refractivity contribution in [3.05, 3.63) is 0 Å². The van der Waals surface area contributed by atoms with Crippen LogP contribution in [0.3, 0.4) is 0 Å². The molecule has 0 N–H and O–H groups in total. The largest absolute Gasteiger partial charge is 0.292 e. The van der Waals surface area contributed by atoms with Gasteiger partial charge in [0.2, 0.25) is 0 Å². The van der Waals surface area contributed by atoms with Crippen molar-refractivity contribution in [1.29, 1.82) is 0 Å². The molecule has 1 fully saturated rings. The zero-order valence-corrected chi connectivity index (χ0v) is 10.3. The minimum atomic E-state index is 0.523. The molecule has 0 bridgehead atoms. The first-order valence-corrected chi connectivity index (χ1v) is 6.00. The van der Waals surface area contributed by atoms with Crippen LogP contribution in [0.2, 0.25) is 0 Å². The SMILES string of the molecule is CC.CC(C)C#CCN1CCCCC1. The van der Waals surface area contributed by atoms with E-state index in [9.17, 15) is 0 Å². The van der Waals surface area contributed by atoms with Gasteiger partial charge in [0, 0.05) is 5.92 Å². The van der Waals surface area contributed by atoms with Gasteiger partial charge in [-0.3, -0.25) is 4.90 Å². The molecule has 0 aromatic heterocycles. The van der Waals surface area contributed by atoms with Crippen molar-refractivity contribution in [2.75, 3.05) is 19.6 Å². The van der Waals surface area contributed by atoms with E-state index in [1.807, 2.05) is 13.8 Å². The average Bonchev–Trinajstić information content (AvgIpc) is 2.22. The number of nitrogens with zero attached hydrogens (tertiary/aromatic N) is 1. The molecule has 1 heterocycles. The summed E-state index contributed by atoms with van der Waals surface area (Å²) in [5.41, 5.74) is 0. The molecule has 0 unspecified atom stereocenters. The van der Waals surface area contributed by atoms with Crippen LogP contribution in [-0.4, -0.2) is 24.5 Å². The summed E-state index contributed by atoms with van der Waals surface area (Å²) in [5.74, 6) is 6.95. The van der Waals surface area contributed by atoms with E-state index in [0.717, 1.165) is 6.54 Å². The lowest BCUT2D eigenvalue weighted by Gasteiger charge is -2.23. The lowest BCUT2D eigenvalue weighted by molar-refractivity contribution is 0.255. The van der Waals surface area contributed by atoms with E-state index >= 15 is 0 Å². The van der Waals surface area contributed by atoms with Crippen molar-refractivity contribution in [1.82, 2.24) is 4.90 Å². The molecule has 0 amide bonds. The Morgan fingerprint density at radius 3 is 2.14 bits per heavy atom. The van der Waals surface area contributed by atoms with Crippen molar-refractivity contribution in [2.24, 2.45) is 5.92 Å². The monoisotopic (exact) mass is 195 g/mol. The zero-order valence-electron chi connectivity index (χ0n) is 10.3. The Balaban J connectivity index is 0.000000791. The standard InChI is InChI=1S/C11H19N.C2H6/c1-11(2)7-6-10-12-8-4-3-5-9-12;1-2/h11H,3-5,8-10H2,1-2H3;1-2H3. The third-order valence-corrected chi connectivity index (χ3v) is 2.14. The van der Waals surface area contributed by atoms with Gasteiger partial charge in [-0.25, -0.2) is 0 Å². The minimum Gasteiger partial charge on any atom is -0.292 e. The number of hydrogen-bond donors (Lipinski definition) is 0. The van der Waals surface area contributed by atoms with Gasteiger partial charge in [-0.15, -0.1) is 0 Å². The summed E-state index contributed by atoms with van der Waals surface area (Å²) in [7, 11) is 0. The summed E-state index contributed by atoms with van der Waals surface area (Å²) in [5, 5.41) is 0. The van der Waals surface area contributed by atoms with Crippen molar-refractivity contribution in [3.8, 4) is 11.8 Å². The Bertz CT molecular complexity index is 167. The molecule has 0 aromatic carbocycles. The molecular weight excluding hydrogens is 170 g/mol. The van der Waals surface area contributed by atoms with Gasteiger partial charge in [0.15, 0.2) is 0 Å². The van der Waals surface area contributed by atoms with Crippen molar-refractivity contribution in [3.63, 3.8) is 0 Å². The van der Waals surface area contributed by atoms with E-state index in [2.05, 4.69) is 30.6 Å². The average molecular weight is 195 g/mol. The Morgan fingerprint density at radius 1 is 1.07 bits per heavy atom. The molecule has 1 heteroatoms. The summed E-state index contributed by atoms with van der Waals surface area (Å²) in [6.45, 7) is 11.8. The molecule has 1 aliphatic heterocycles. The molecule has 14 heavy (non-hydrogen) atoms. The van der Waals surface area contributed by atoms with Crippen LogP contribution in [0.4, 0.5) is 0 Å². The van der Waals surface area contributed by atoms with Crippen LogP contribution in [0, 0.1) is 17.8 Å². The summed E-state index contributed by atoms with van der Waals surface area (Å²) < 4.78 is 0. The topological polar surface area (TPSA) is 3.24 Å². The highest BCUT2D eigenvalue weighted by Crippen LogP contribution is 2.07. The molecule has 0 aromatic rings. The number of hydrogen-bond acceptors (Lipinski definition) is 1. The van der Waals surface area contributed by atoms with Gasteiger partial charge in [-0.2, -0.15) is 0 Å². The molecule has 0 radical (unpaired) electrons. The number of rotatable bonds is 1. The first-order valence-electron chi connectivity index (χ1n) is 6.00. The first kappa shape index (κ1) is 13.5. The maximum absolute atomic E-state index is 3.23. The molecule has 0 atom stereocenters. The second-order valence-corrected chi connectivity index (χ2v) is 3.81. The molecule has 0 aliphatic carbocycles. The van der Waals surface area contributed by atoms with E-state index < -0.39 is 0 Å². The minimum absolute atomic E-state index is 0.523. The smallest absolute Gasteiger partial charge is 0.0601 e. The van der Waals surface area contributed by atoms with Crippen LogP contribution in [0.5, 0.6) is 0 Å². The Hall–Kier alpha value is -0.480. The quantitative estimate of drug-likeness (QED) is 0.581. The van der Waals surface area contributed by atoms with Gasteiger partial charge in [0.25, 0.3) is 0 Å². The third kappa shape index (κ3) is 6.97. The number of piperidine rings is 1. The summed E-state index contributed by atoms with van der Waals surface area (Å²) in [6, 6.07) is 0. The van der Waals surface area contributed by atoms with E-state index in [1.165, 1.54) is 32.4 Å². The van der Waals surface area contributed by atoms with Crippen LogP contribution in [0.15, 0.2) is 0 Å². The van der Waals surface area contributed by atoms with Crippen molar-refractivity contribution >= 4 is 0 Å². The fourth-order valence-corrected chi connectivity index (χ4v) is 1.48. The van der Waals surface area contributed by atoms with Crippen LogP contribution < -0.4 is 0 Å². The molecule has 1 rings (SSSR count). The van der Waals surface area contributed by atoms with E-state index in [0.29, 0.717) is 5.92 Å². The maximum atomic E-state index is 3.23. The summed E-state index contributed by atoms with van der Waals surface area (Å²) in [4.78, 5) is 2.46. The van der Waals surface area contributed by atoms with Crippen LogP contribution in [0.1, 0.15) is 47.0 Å². The van der Waals surface area contributed by atoms with Crippen LogP contribution in [-0.2, 0) is 0 Å². The van der Waals surface area contributed by atoms with Crippen LogP contribution in [0.25, 0.3) is 0 Å². The highest BCUT2D eigenvalue weighted by atomic mass is 15.1. The zero-order chi connectivity index (χ0) is 10.8. The normalized spacial score (nSPS) is 16.6. The van der Waals surface area contributed by atoms with Crippen molar-refractivity contribution < 1.29 is 0 Å². The van der Waals surface area contributed by atoms with Gasteiger partial charge in [-0.1, -0.05) is 46.0 Å². The lowest BCUT2D eigenvalue weighted by atomic mass is 10.1. The van der Waals surface area contributed by atoms with E-state index in [-0.39, 0.29) is 0 Å². The predicted octanol–water partition coefficient (Wildman–Crippen LogP) is 3.16. The highest BCUT2D eigenvalue weighted by Gasteiger charge is 2.07.